The zero-order valence-corrected chi connectivity index (χ0v) is 20.5. The van der Waals surface area contributed by atoms with Crippen molar-refractivity contribution in [3.63, 3.8) is 0 Å². The highest BCUT2D eigenvalue weighted by atomic mass is 19.1. The molecule has 2 unspecified atom stereocenters. The molecule has 4 rings (SSSR count). The highest BCUT2D eigenvalue weighted by molar-refractivity contribution is 5.90. The van der Waals surface area contributed by atoms with E-state index in [1.807, 2.05) is 17.0 Å². The summed E-state index contributed by atoms with van der Waals surface area (Å²) in [5.74, 6) is 0.692. The van der Waals surface area contributed by atoms with Gasteiger partial charge in [0.05, 0.1) is 18.3 Å². The van der Waals surface area contributed by atoms with Gasteiger partial charge < -0.3 is 20.9 Å². The van der Waals surface area contributed by atoms with Gasteiger partial charge in [-0.25, -0.2) is 14.4 Å². The second-order valence-corrected chi connectivity index (χ2v) is 9.55. The molecule has 2 aromatic heterocycles. The molecule has 3 atom stereocenters. The van der Waals surface area contributed by atoms with E-state index in [4.69, 9.17) is 0 Å². The molecule has 3 N–H and O–H groups in total. The minimum atomic E-state index is -0.512. The number of carbonyl (C=O) groups excluding carboxylic acids is 2. The van der Waals surface area contributed by atoms with E-state index >= 15 is 0 Å². The van der Waals surface area contributed by atoms with Crippen LogP contribution in [0.4, 0.5) is 16.0 Å². The summed E-state index contributed by atoms with van der Waals surface area (Å²) in [6.45, 7) is 2.46. The third-order valence-corrected chi connectivity index (χ3v) is 7.20. The lowest BCUT2D eigenvalue weighted by Gasteiger charge is -2.35. The summed E-state index contributed by atoms with van der Waals surface area (Å²) in [7, 11) is 1.74. The van der Waals surface area contributed by atoms with Crippen LogP contribution in [-0.2, 0) is 9.59 Å². The molecule has 1 saturated heterocycles. The van der Waals surface area contributed by atoms with E-state index in [2.05, 4.69) is 25.9 Å². The maximum atomic E-state index is 13.9. The molecule has 9 heteroatoms. The van der Waals surface area contributed by atoms with Crippen molar-refractivity contribution in [1.29, 1.82) is 0 Å². The smallest absolute Gasteiger partial charge is 0.245 e. The van der Waals surface area contributed by atoms with E-state index in [9.17, 15) is 14.0 Å². The number of nitrogens with zero attached hydrogens (tertiary/aromatic N) is 3. The molecule has 0 bridgehead atoms. The Morgan fingerprint density at radius 3 is 2.57 bits per heavy atom. The average Bonchev–Trinajstić information content (AvgIpc) is 3.38. The van der Waals surface area contributed by atoms with Crippen molar-refractivity contribution in [3.8, 4) is 0 Å². The Labute approximate surface area is 206 Å². The number of hydrogen-bond donors (Lipinski definition) is 3. The summed E-state index contributed by atoms with van der Waals surface area (Å²) >= 11 is 0. The second-order valence-electron chi connectivity index (χ2n) is 9.55. The van der Waals surface area contributed by atoms with Crippen LogP contribution in [0.15, 0.2) is 36.7 Å². The van der Waals surface area contributed by atoms with Gasteiger partial charge in [0, 0.05) is 12.7 Å². The first kappa shape index (κ1) is 25.0. The van der Waals surface area contributed by atoms with Crippen molar-refractivity contribution < 1.29 is 14.0 Å². The summed E-state index contributed by atoms with van der Waals surface area (Å²) in [5, 5.41) is 9.15. The molecular weight excluding hydrogens is 447 g/mol. The van der Waals surface area contributed by atoms with E-state index in [1.54, 1.807) is 26.2 Å². The van der Waals surface area contributed by atoms with Gasteiger partial charge in [-0.05, 0) is 75.4 Å². The van der Waals surface area contributed by atoms with Crippen LogP contribution < -0.4 is 16.0 Å². The number of likely N-dealkylation sites (tertiary alicyclic amines) is 1. The third-order valence-electron chi connectivity index (χ3n) is 7.20. The lowest BCUT2D eigenvalue weighted by molar-refractivity contribution is -0.139. The van der Waals surface area contributed by atoms with Gasteiger partial charge in [-0.1, -0.05) is 19.3 Å². The molecule has 8 nitrogen and oxygen atoms in total. The minimum Gasteiger partial charge on any atom is -0.343 e. The maximum absolute atomic E-state index is 13.9. The van der Waals surface area contributed by atoms with Crippen LogP contribution in [0.3, 0.4) is 0 Å². The molecule has 2 aromatic rings. The molecule has 1 aliphatic heterocycles. The first-order valence-electron chi connectivity index (χ1n) is 12.6. The average molecular weight is 483 g/mol. The number of carbonyl (C=O) groups is 2. The van der Waals surface area contributed by atoms with Gasteiger partial charge in [0.25, 0.3) is 0 Å². The minimum absolute atomic E-state index is 0.00238. The number of hydrogen-bond acceptors (Lipinski definition) is 6. The highest BCUT2D eigenvalue weighted by Gasteiger charge is 2.39. The fourth-order valence-electron chi connectivity index (χ4n) is 5.12. The zero-order valence-electron chi connectivity index (χ0n) is 20.5. The molecule has 35 heavy (non-hydrogen) atoms. The number of amides is 2. The Bertz CT molecular complexity index is 1010. The van der Waals surface area contributed by atoms with Crippen LogP contribution in [0.1, 0.15) is 63.5 Å². The summed E-state index contributed by atoms with van der Waals surface area (Å²) in [4.78, 5) is 37.0. The molecule has 2 aliphatic rings. The number of nitrogens with one attached hydrogen (secondary N) is 3. The van der Waals surface area contributed by atoms with Crippen LogP contribution in [0.25, 0.3) is 0 Å². The predicted molar refractivity (Wildman–Crippen MR) is 132 cm³/mol. The number of aromatic nitrogens is 2. The van der Waals surface area contributed by atoms with Crippen LogP contribution in [0.5, 0.6) is 0 Å². The molecule has 1 aliphatic carbocycles. The van der Waals surface area contributed by atoms with E-state index in [1.165, 1.54) is 12.5 Å². The Balaban J connectivity index is 1.53. The van der Waals surface area contributed by atoms with Gasteiger partial charge in [0.2, 0.25) is 11.8 Å². The van der Waals surface area contributed by atoms with Gasteiger partial charge in [-0.2, -0.15) is 0 Å². The first-order valence-corrected chi connectivity index (χ1v) is 12.6. The van der Waals surface area contributed by atoms with E-state index < -0.39 is 11.9 Å². The highest BCUT2D eigenvalue weighted by Crippen LogP contribution is 2.35. The van der Waals surface area contributed by atoms with E-state index in [-0.39, 0.29) is 29.8 Å². The third kappa shape index (κ3) is 6.14. The van der Waals surface area contributed by atoms with Crippen molar-refractivity contribution >= 4 is 23.5 Å². The lowest BCUT2D eigenvalue weighted by Crippen LogP contribution is -2.55. The number of rotatable bonds is 8. The number of pyridine rings is 2. The molecule has 188 valence electrons. The first-order chi connectivity index (χ1) is 17.0. The zero-order chi connectivity index (χ0) is 24.8. The molecule has 0 aromatic carbocycles. The van der Waals surface area contributed by atoms with Gasteiger partial charge in [0.15, 0.2) is 0 Å². The van der Waals surface area contributed by atoms with Crippen molar-refractivity contribution in [2.24, 2.45) is 5.92 Å². The van der Waals surface area contributed by atoms with Crippen LogP contribution in [0.2, 0.25) is 0 Å². The Hall–Kier alpha value is -3.07. The van der Waals surface area contributed by atoms with Gasteiger partial charge in [0.1, 0.15) is 23.5 Å². The summed E-state index contributed by atoms with van der Waals surface area (Å²) < 4.78 is 13.2. The summed E-state index contributed by atoms with van der Waals surface area (Å²) in [5.41, 5.74) is 0.979. The molecular formula is C26H35FN6O2. The fraction of sp³-hybridized carbons (Fsp3) is 0.538. The van der Waals surface area contributed by atoms with Crippen molar-refractivity contribution in [1.82, 2.24) is 25.5 Å². The normalized spacial score (nSPS) is 20.3. The molecule has 0 radical (unpaired) electrons. The number of halogens is 1. The predicted octanol–water partition coefficient (Wildman–Crippen LogP) is 3.70. The second kappa shape index (κ2) is 11.6. The van der Waals surface area contributed by atoms with Crippen LogP contribution >= 0.6 is 0 Å². The monoisotopic (exact) mass is 482 g/mol. The largest absolute Gasteiger partial charge is 0.343 e. The maximum Gasteiger partial charge on any atom is 0.245 e. The van der Waals surface area contributed by atoms with Gasteiger partial charge >= 0.3 is 0 Å². The number of likely N-dealkylation sites (N-methyl/N-ethyl adjacent to an activating group) is 1. The fourth-order valence-corrected chi connectivity index (χ4v) is 5.12. The Morgan fingerprint density at radius 2 is 1.86 bits per heavy atom. The van der Waals surface area contributed by atoms with Crippen LogP contribution in [0, 0.1) is 11.7 Å². The quantitative estimate of drug-likeness (QED) is 0.531. The molecule has 1 saturated carbocycles. The summed E-state index contributed by atoms with van der Waals surface area (Å²) in [6, 6.07) is 5.77. The molecule has 3 heterocycles. The summed E-state index contributed by atoms with van der Waals surface area (Å²) in [6.07, 6.45) is 9.88. The van der Waals surface area contributed by atoms with Crippen molar-refractivity contribution in [3.05, 3.63) is 48.0 Å². The number of anilines is 2. The Kier molecular flexibility index (Phi) is 8.28. The topological polar surface area (TPSA) is 99.3 Å². The van der Waals surface area contributed by atoms with Gasteiger partial charge in [-0.3, -0.25) is 9.59 Å². The SMILES string of the molecule is CNC(C)C(=O)N[C@H](C(=O)N1CCCC1c1ccnc(Nc2ccc(F)cn2)c1)C1CCCCC1. The molecule has 2 amide bonds. The van der Waals surface area contributed by atoms with E-state index in [0.717, 1.165) is 50.3 Å². The van der Waals surface area contributed by atoms with Crippen molar-refractivity contribution in [2.45, 2.75) is 70.0 Å². The standard InChI is InChI=1S/C26H35FN6O2/c1-17(28-2)25(34)32-24(18-7-4-3-5-8-18)26(35)33-14-6-9-21(33)19-12-13-29-23(15-19)31-22-11-10-20(27)16-30-22/h10-13,15-18,21,24,28H,3-9,14H2,1-2H3,(H,32,34)(H,29,30,31)/t17?,21?,24-/m0/s1. The lowest BCUT2D eigenvalue weighted by atomic mass is 9.83. The van der Waals surface area contributed by atoms with Crippen molar-refractivity contribution in [2.75, 3.05) is 18.9 Å². The van der Waals surface area contributed by atoms with Gasteiger partial charge in [-0.15, -0.1) is 0 Å². The molecule has 2 fully saturated rings. The van der Waals surface area contributed by atoms with E-state index in [0.29, 0.717) is 18.2 Å². The Morgan fingerprint density at radius 1 is 1.06 bits per heavy atom. The molecule has 0 spiro atoms. The van der Waals surface area contributed by atoms with Crippen LogP contribution in [-0.4, -0.2) is 52.4 Å².